The topological polar surface area (TPSA) is 35.5 Å². The third-order valence-corrected chi connectivity index (χ3v) is 2.83. The van der Waals surface area contributed by atoms with Crippen molar-refractivity contribution in [3.8, 4) is 0 Å². The van der Waals surface area contributed by atoms with Gasteiger partial charge in [-0.15, -0.1) is 0 Å². The molecule has 8 heavy (non-hydrogen) atoms. The standard InChI is InChI=1S/C3H8O3P.Li/c1-5-7(3,4)6-2;/h3H2,1-2H3;. The predicted molar refractivity (Wildman–Crippen MR) is 32.2 cm³/mol. The first-order valence-electron chi connectivity index (χ1n) is 2.39. The summed E-state index contributed by atoms with van der Waals surface area (Å²) in [6.07, 6.45) is 0. The molecule has 0 aliphatic rings. The van der Waals surface area contributed by atoms with Crippen molar-refractivity contribution in [3.05, 3.63) is 0 Å². The van der Waals surface area contributed by atoms with Gasteiger partial charge in [-0.05, 0) is 0 Å². The van der Waals surface area contributed by atoms with Crippen LogP contribution in [-0.4, -0.2) is 36.8 Å². The molecule has 0 heterocycles. The van der Waals surface area contributed by atoms with Gasteiger partial charge >= 0.3 is 58.0 Å². The average Bonchev–Trinajstić information content (AvgIpc) is 1.87. The fraction of sp³-hybridized carbons (Fsp3) is 1.00. The van der Waals surface area contributed by atoms with E-state index < -0.39 is 7.60 Å². The van der Waals surface area contributed by atoms with Crippen LogP contribution in [0.2, 0.25) is 0 Å². The van der Waals surface area contributed by atoms with Crippen LogP contribution >= 0.6 is 7.60 Å². The van der Waals surface area contributed by atoms with E-state index in [-0.39, 0.29) is 0 Å². The van der Waals surface area contributed by atoms with Gasteiger partial charge in [0.05, 0.1) is 0 Å². The maximum absolute atomic E-state index is 10.9. The Kier molecular flexibility index (Phi) is 4.06. The fourth-order valence-electron chi connectivity index (χ4n) is 0.333. The maximum atomic E-state index is 10.9. The summed E-state index contributed by atoms with van der Waals surface area (Å²) in [6.45, 7) is 0. The molecular weight excluding hydrogens is 122 g/mol. The molecule has 0 saturated heterocycles. The molecule has 3 nitrogen and oxygen atoms in total. The normalized spacial score (nSPS) is 12.0. The summed E-state index contributed by atoms with van der Waals surface area (Å²) in [7, 11) is 0.103. The second-order valence-electron chi connectivity index (χ2n) is 1.29. The predicted octanol–water partition coefficient (Wildman–Crippen LogP) is 0.598. The van der Waals surface area contributed by atoms with Gasteiger partial charge in [-0.2, -0.15) is 0 Å². The third-order valence-electron chi connectivity index (χ3n) is 0.944. The fourth-order valence-corrected chi connectivity index (χ4v) is 0.998. The molecule has 0 aliphatic carbocycles. The van der Waals surface area contributed by atoms with Crippen molar-refractivity contribution in [2.45, 2.75) is 0 Å². The van der Waals surface area contributed by atoms with Crippen molar-refractivity contribution in [1.29, 1.82) is 0 Å². The summed E-state index contributed by atoms with van der Waals surface area (Å²) < 4.78 is 20.0. The van der Waals surface area contributed by atoms with E-state index in [1.165, 1.54) is 14.2 Å². The summed E-state index contributed by atoms with van der Waals surface area (Å²) in [5.41, 5.74) is 0. The molecular formula is C3H8LiO3P. The van der Waals surface area contributed by atoms with E-state index in [9.17, 15) is 4.57 Å². The zero-order valence-electron chi connectivity index (χ0n) is 5.38. The van der Waals surface area contributed by atoms with Crippen LogP contribution in [-0.2, 0) is 13.6 Å². The first kappa shape index (κ1) is 8.75. The Hall–Kier alpha value is 0.747. The summed E-state index contributed by atoms with van der Waals surface area (Å²) in [5.74, 6) is 0. The Morgan fingerprint density at radius 3 is 1.88 bits per heavy atom. The Morgan fingerprint density at radius 1 is 1.50 bits per heavy atom. The van der Waals surface area contributed by atoms with Crippen molar-refractivity contribution in [2.24, 2.45) is 0 Å². The molecule has 0 atom stereocenters. The van der Waals surface area contributed by atoms with Crippen molar-refractivity contribution in [1.82, 2.24) is 0 Å². The minimum absolute atomic E-state index is 0.431. The minimum atomic E-state index is -2.66. The van der Waals surface area contributed by atoms with Gasteiger partial charge in [0.25, 0.3) is 0 Å². The molecule has 0 spiro atoms. The van der Waals surface area contributed by atoms with E-state index in [2.05, 4.69) is 9.05 Å². The molecule has 0 fully saturated rings. The van der Waals surface area contributed by atoms with E-state index in [0.717, 1.165) is 0 Å². The van der Waals surface area contributed by atoms with E-state index in [4.69, 9.17) is 0 Å². The Bertz CT molecular complexity index is 85.7. The van der Waals surface area contributed by atoms with Crippen LogP contribution in [0.4, 0.5) is 0 Å². The van der Waals surface area contributed by atoms with Gasteiger partial charge in [0, 0.05) is 0 Å². The van der Waals surface area contributed by atoms with Gasteiger partial charge in [0.1, 0.15) is 0 Å². The molecule has 44 valence electrons. The molecule has 0 aromatic rings. The van der Waals surface area contributed by atoms with Gasteiger partial charge in [-0.1, -0.05) is 0 Å². The molecule has 0 bridgehead atoms. The van der Waals surface area contributed by atoms with Gasteiger partial charge in [-0.3, -0.25) is 0 Å². The van der Waals surface area contributed by atoms with Gasteiger partial charge < -0.3 is 0 Å². The average molecular weight is 130 g/mol. The zero-order valence-corrected chi connectivity index (χ0v) is 6.27. The molecule has 0 unspecified atom stereocenters. The van der Waals surface area contributed by atoms with Crippen LogP contribution in [0.5, 0.6) is 0 Å². The molecule has 0 amide bonds. The van der Waals surface area contributed by atoms with Crippen LogP contribution in [0.15, 0.2) is 0 Å². The quantitative estimate of drug-likeness (QED) is 0.414. The molecule has 0 rings (SSSR count). The molecule has 0 radical (unpaired) electrons. The van der Waals surface area contributed by atoms with E-state index in [0.29, 0.717) is 4.83 Å². The van der Waals surface area contributed by atoms with Gasteiger partial charge in [0.2, 0.25) is 0 Å². The summed E-state index contributed by atoms with van der Waals surface area (Å²) in [5, 5.41) is 0. The number of hydrogen-bond acceptors (Lipinski definition) is 3. The first-order chi connectivity index (χ1) is 3.68. The van der Waals surface area contributed by atoms with Crippen LogP contribution in [0, 0.1) is 0 Å². The van der Waals surface area contributed by atoms with E-state index >= 15 is 0 Å². The molecule has 0 N–H and O–H groups in total. The number of rotatable bonds is 3. The van der Waals surface area contributed by atoms with Crippen LogP contribution in [0.3, 0.4) is 0 Å². The summed E-state index contributed by atoms with van der Waals surface area (Å²) in [6, 6.07) is 0. The zero-order chi connectivity index (χ0) is 6.62. The van der Waals surface area contributed by atoms with Crippen molar-refractivity contribution < 1.29 is 13.6 Å². The van der Waals surface area contributed by atoms with Crippen molar-refractivity contribution in [3.63, 3.8) is 0 Å². The Balaban J connectivity index is 3.79. The van der Waals surface area contributed by atoms with Crippen LogP contribution < -0.4 is 0 Å². The first-order valence-corrected chi connectivity index (χ1v) is 4.12. The third kappa shape index (κ3) is 2.35. The molecule has 0 saturated carbocycles. The van der Waals surface area contributed by atoms with Crippen molar-refractivity contribution in [2.75, 3.05) is 19.1 Å². The summed E-state index contributed by atoms with van der Waals surface area (Å²) >= 11 is 1.76. The van der Waals surface area contributed by atoms with Crippen LogP contribution in [0.1, 0.15) is 0 Å². The summed E-state index contributed by atoms with van der Waals surface area (Å²) in [4.78, 5) is 0.431. The SMILES string of the molecule is [Li][CH2]P(=O)(OC)OC. The second kappa shape index (κ2) is 3.71. The van der Waals surface area contributed by atoms with Crippen molar-refractivity contribution >= 4 is 25.3 Å². The Labute approximate surface area is 58.5 Å². The van der Waals surface area contributed by atoms with E-state index in [1.54, 1.807) is 17.7 Å². The molecule has 0 aliphatic heterocycles. The van der Waals surface area contributed by atoms with Gasteiger partial charge in [-0.25, -0.2) is 0 Å². The molecule has 0 aromatic carbocycles. The van der Waals surface area contributed by atoms with Crippen LogP contribution in [0.25, 0.3) is 0 Å². The monoisotopic (exact) mass is 130 g/mol. The van der Waals surface area contributed by atoms with E-state index in [1.807, 2.05) is 0 Å². The van der Waals surface area contributed by atoms with Gasteiger partial charge in [0.15, 0.2) is 0 Å². The number of hydrogen-bond donors (Lipinski definition) is 0. The molecule has 5 heteroatoms. The second-order valence-corrected chi connectivity index (χ2v) is 3.88. The Morgan fingerprint density at radius 2 is 1.88 bits per heavy atom. The molecule has 0 aromatic heterocycles.